The Balaban J connectivity index is 2.22. The second kappa shape index (κ2) is 6.16. The molecule has 1 aliphatic heterocycles. The number of ether oxygens (including phenoxy) is 1. The van der Waals surface area contributed by atoms with Gasteiger partial charge in [0.05, 0.1) is 13.2 Å². The Morgan fingerprint density at radius 1 is 1.33 bits per heavy atom. The molecule has 2 rings (SSSR count). The Kier molecular flexibility index (Phi) is 4.50. The molecule has 1 fully saturated rings. The van der Waals surface area contributed by atoms with Crippen molar-refractivity contribution in [3.63, 3.8) is 0 Å². The molecule has 0 aromatic heterocycles. The van der Waals surface area contributed by atoms with Crippen molar-refractivity contribution in [1.29, 1.82) is 0 Å². The van der Waals surface area contributed by atoms with Crippen LogP contribution in [-0.2, 0) is 0 Å². The maximum atomic E-state index is 12.7. The number of urea groups is 1. The van der Waals surface area contributed by atoms with E-state index in [4.69, 9.17) is 4.74 Å². The maximum Gasteiger partial charge on any atom is 0.320 e. The Bertz CT molecular complexity index is 554. The molecule has 0 bridgehead atoms. The monoisotopic (exact) mass is 290 g/mol. The molecule has 1 heterocycles. The van der Waals surface area contributed by atoms with Gasteiger partial charge in [0.15, 0.2) is 5.78 Å². The van der Waals surface area contributed by atoms with Gasteiger partial charge < -0.3 is 14.5 Å². The number of amides is 2. The number of hydrogen-bond acceptors (Lipinski definition) is 3. The Labute approximate surface area is 125 Å². The molecule has 1 unspecified atom stereocenters. The van der Waals surface area contributed by atoms with Crippen LogP contribution < -0.4 is 4.74 Å². The average molecular weight is 290 g/mol. The number of Topliss-reactive ketones (excluding diaryl/α,β-unsaturated/α-hetero) is 1. The summed E-state index contributed by atoms with van der Waals surface area (Å²) in [7, 11) is 5.03. The maximum absolute atomic E-state index is 12.7. The third-order valence-electron chi connectivity index (χ3n) is 3.86. The molecule has 5 nitrogen and oxygen atoms in total. The first kappa shape index (κ1) is 15.4. The zero-order valence-electron chi connectivity index (χ0n) is 13.0. The highest BCUT2D eigenvalue weighted by Gasteiger charge is 2.35. The van der Waals surface area contributed by atoms with Crippen LogP contribution in [0.25, 0.3) is 0 Å². The standard InChI is InChI=1S/C16H22N2O3/c1-11-10-12(7-8-14(11)21-4)15(19)13-6-5-9-18(13)16(20)17(2)3/h7-8,10,13H,5-6,9H2,1-4H3. The lowest BCUT2D eigenvalue weighted by Crippen LogP contribution is -2.45. The van der Waals surface area contributed by atoms with E-state index in [9.17, 15) is 9.59 Å². The summed E-state index contributed by atoms with van der Waals surface area (Å²) in [4.78, 5) is 28.0. The first-order valence-electron chi connectivity index (χ1n) is 7.12. The second-order valence-electron chi connectivity index (χ2n) is 5.58. The number of rotatable bonds is 3. The first-order chi connectivity index (χ1) is 9.95. The summed E-state index contributed by atoms with van der Waals surface area (Å²) >= 11 is 0. The molecular weight excluding hydrogens is 268 g/mol. The summed E-state index contributed by atoms with van der Waals surface area (Å²) in [6, 6.07) is 4.95. The van der Waals surface area contributed by atoms with E-state index in [0.29, 0.717) is 12.1 Å². The van der Waals surface area contributed by atoms with Crippen LogP contribution in [0, 0.1) is 6.92 Å². The van der Waals surface area contributed by atoms with E-state index in [0.717, 1.165) is 24.2 Å². The van der Waals surface area contributed by atoms with Crippen molar-refractivity contribution in [3.8, 4) is 5.75 Å². The number of likely N-dealkylation sites (tertiary alicyclic amines) is 1. The van der Waals surface area contributed by atoms with Crippen molar-refractivity contribution in [3.05, 3.63) is 29.3 Å². The second-order valence-corrected chi connectivity index (χ2v) is 5.58. The number of benzene rings is 1. The molecule has 0 saturated carbocycles. The fourth-order valence-corrected chi connectivity index (χ4v) is 2.75. The third kappa shape index (κ3) is 3.01. The summed E-state index contributed by atoms with van der Waals surface area (Å²) in [6.45, 7) is 2.55. The Morgan fingerprint density at radius 2 is 2.05 bits per heavy atom. The van der Waals surface area contributed by atoms with Gasteiger partial charge in [-0.2, -0.15) is 0 Å². The predicted octanol–water partition coefficient (Wildman–Crippen LogP) is 2.33. The third-order valence-corrected chi connectivity index (χ3v) is 3.86. The van der Waals surface area contributed by atoms with Crippen LogP contribution in [0.1, 0.15) is 28.8 Å². The molecule has 1 aromatic carbocycles. The summed E-state index contributed by atoms with van der Waals surface area (Å²) in [5.74, 6) is 0.771. The van der Waals surface area contributed by atoms with E-state index < -0.39 is 0 Å². The molecule has 5 heteroatoms. The zero-order valence-corrected chi connectivity index (χ0v) is 13.0. The number of ketones is 1. The highest BCUT2D eigenvalue weighted by atomic mass is 16.5. The van der Waals surface area contributed by atoms with Crippen LogP contribution in [0.4, 0.5) is 4.79 Å². The first-order valence-corrected chi connectivity index (χ1v) is 7.12. The molecule has 1 saturated heterocycles. The van der Waals surface area contributed by atoms with Gasteiger partial charge in [-0.1, -0.05) is 0 Å². The van der Waals surface area contributed by atoms with Gasteiger partial charge >= 0.3 is 6.03 Å². The minimum atomic E-state index is -0.354. The van der Waals surface area contributed by atoms with Crippen molar-refractivity contribution in [1.82, 2.24) is 9.80 Å². The fourth-order valence-electron chi connectivity index (χ4n) is 2.75. The van der Waals surface area contributed by atoms with E-state index >= 15 is 0 Å². The van der Waals surface area contributed by atoms with Gasteiger partial charge in [-0.25, -0.2) is 4.79 Å². The Hall–Kier alpha value is -2.04. The van der Waals surface area contributed by atoms with Crippen LogP contribution in [0.15, 0.2) is 18.2 Å². The number of carbonyl (C=O) groups is 2. The van der Waals surface area contributed by atoms with E-state index in [1.54, 1.807) is 38.2 Å². The average Bonchev–Trinajstić information content (AvgIpc) is 2.94. The smallest absolute Gasteiger partial charge is 0.320 e. The minimum absolute atomic E-state index is 0.00783. The van der Waals surface area contributed by atoms with Gasteiger partial charge in [-0.05, 0) is 43.5 Å². The highest BCUT2D eigenvalue weighted by molar-refractivity contribution is 6.02. The SMILES string of the molecule is COc1ccc(C(=O)C2CCCN2C(=O)N(C)C)cc1C. The molecular formula is C16H22N2O3. The van der Waals surface area contributed by atoms with Gasteiger partial charge in [-0.15, -0.1) is 0 Å². The van der Waals surface area contributed by atoms with Crippen LogP contribution >= 0.6 is 0 Å². The van der Waals surface area contributed by atoms with Crippen molar-refractivity contribution >= 4 is 11.8 Å². The topological polar surface area (TPSA) is 49.9 Å². The van der Waals surface area contributed by atoms with Crippen LogP contribution in [0.2, 0.25) is 0 Å². The van der Waals surface area contributed by atoms with E-state index in [2.05, 4.69) is 0 Å². The summed E-state index contributed by atoms with van der Waals surface area (Å²) < 4.78 is 5.21. The van der Waals surface area contributed by atoms with Crippen molar-refractivity contribution in [2.75, 3.05) is 27.7 Å². The van der Waals surface area contributed by atoms with Gasteiger partial charge in [0.1, 0.15) is 5.75 Å². The lowest BCUT2D eigenvalue weighted by molar-refractivity contribution is 0.0872. The highest BCUT2D eigenvalue weighted by Crippen LogP contribution is 2.25. The van der Waals surface area contributed by atoms with Crippen LogP contribution in [-0.4, -0.2) is 55.4 Å². The van der Waals surface area contributed by atoms with Crippen LogP contribution in [0.5, 0.6) is 5.75 Å². The molecule has 0 aliphatic carbocycles. The molecule has 114 valence electrons. The lowest BCUT2D eigenvalue weighted by atomic mass is 10.00. The number of carbonyl (C=O) groups excluding carboxylic acids is 2. The van der Waals surface area contributed by atoms with Gasteiger partial charge in [-0.3, -0.25) is 4.79 Å². The van der Waals surface area contributed by atoms with Gasteiger partial charge in [0.2, 0.25) is 0 Å². The summed E-state index contributed by atoms with van der Waals surface area (Å²) in [6.07, 6.45) is 1.59. The normalized spacial score (nSPS) is 17.7. The van der Waals surface area contributed by atoms with Crippen molar-refractivity contribution < 1.29 is 14.3 Å². The molecule has 0 N–H and O–H groups in total. The predicted molar refractivity (Wildman–Crippen MR) is 80.9 cm³/mol. The van der Waals surface area contributed by atoms with E-state index in [1.165, 1.54) is 4.90 Å². The molecule has 0 spiro atoms. The van der Waals surface area contributed by atoms with Gasteiger partial charge in [0.25, 0.3) is 0 Å². The molecule has 1 aliphatic rings. The number of nitrogens with zero attached hydrogens (tertiary/aromatic N) is 2. The van der Waals surface area contributed by atoms with Crippen LogP contribution in [0.3, 0.4) is 0 Å². The Morgan fingerprint density at radius 3 is 2.62 bits per heavy atom. The van der Waals surface area contributed by atoms with Crippen molar-refractivity contribution in [2.24, 2.45) is 0 Å². The summed E-state index contributed by atoms with van der Waals surface area (Å²) in [5, 5.41) is 0. The quantitative estimate of drug-likeness (QED) is 0.803. The number of aryl methyl sites for hydroxylation is 1. The number of methoxy groups -OCH3 is 1. The zero-order chi connectivity index (χ0) is 15.6. The fraction of sp³-hybridized carbons (Fsp3) is 0.500. The molecule has 21 heavy (non-hydrogen) atoms. The molecule has 0 radical (unpaired) electrons. The lowest BCUT2D eigenvalue weighted by Gasteiger charge is -2.27. The molecule has 2 amide bonds. The van der Waals surface area contributed by atoms with E-state index in [1.807, 2.05) is 13.0 Å². The molecule has 1 atom stereocenters. The van der Waals surface area contributed by atoms with E-state index in [-0.39, 0.29) is 17.9 Å². The minimum Gasteiger partial charge on any atom is -0.496 e. The summed E-state index contributed by atoms with van der Waals surface area (Å²) in [5.41, 5.74) is 1.56. The molecule has 1 aromatic rings. The van der Waals surface area contributed by atoms with Crippen molar-refractivity contribution in [2.45, 2.75) is 25.8 Å². The largest absolute Gasteiger partial charge is 0.496 e. The van der Waals surface area contributed by atoms with Gasteiger partial charge in [0, 0.05) is 26.2 Å². The number of hydrogen-bond donors (Lipinski definition) is 0.